The number of nitriles is 1. The van der Waals surface area contributed by atoms with Crippen LogP contribution in [-0.2, 0) is 4.79 Å². The van der Waals surface area contributed by atoms with E-state index in [1.807, 2.05) is 6.07 Å². The number of aromatic nitrogens is 2. The molecule has 35 heavy (non-hydrogen) atoms. The molecule has 0 saturated carbocycles. The fourth-order valence-corrected chi connectivity index (χ4v) is 6.22. The third-order valence-corrected chi connectivity index (χ3v) is 8.08. The average molecular weight is 510 g/mol. The zero-order valence-corrected chi connectivity index (χ0v) is 21.8. The molecule has 0 fully saturated rings. The van der Waals surface area contributed by atoms with E-state index in [4.69, 9.17) is 15.2 Å². The van der Waals surface area contributed by atoms with Crippen LogP contribution >= 0.6 is 23.1 Å². The fourth-order valence-electron chi connectivity index (χ4n) is 4.58. The molecule has 0 radical (unpaired) electrons. The summed E-state index contributed by atoms with van der Waals surface area (Å²) in [5.74, 6) is 1.40. The third-order valence-electron chi connectivity index (χ3n) is 6.04. The Morgan fingerprint density at radius 2 is 2.11 bits per heavy atom. The van der Waals surface area contributed by atoms with E-state index in [1.165, 1.54) is 23.1 Å². The summed E-state index contributed by atoms with van der Waals surface area (Å²) in [7, 11) is 3.12. The van der Waals surface area contributed by atoms with Gasteiger partial charge in [-0.15, -0.1) is 16.8 Å². The van der Waals surface area contributed by atoms with Crippen LogP contribution in [0, 0.1) is 16.7 Å². The lowest BCUT2D eigenvalue weighted by atomic mass is 9.68. The maximum Gasteiger partial charge on any atom is 0.219 e. The Morgan fingerprint density at radius 1 is 1.34 bits per heavy atom. The number of benzene rings is 1. The number of anilines is 1. The smallest absolute Gasteiger partial charge is 0.219 e. The highest BCUT2D eigenvalue weighted by Gasteiger charge is 2.46. The van der Waals surface area contributed by atoms with Crippen molar-refractivity contribution in [1.82, 2.24) is 10.2 Å². The first-order valence-electron chi connectivity index (χ1n) is 11.0. The normalized spacial score (nSPS) is 19.3. The molecule has 2 heterocycles. The van der Waals surface area contributed by atoms with E-state index >= 15 is 0 Å². The van der Waals surface area contributed by atoms with E-state index < -0.39 is 5.92 Å². The highest BCUT2D eigenvalue weighted by molar-refractivity contribution is 8.01. The molecule has 1 unspecified atom stereocenters. The molecule has 1 aliphatic carbocycles. The molecule has 1 atom stereocenters. The van der Waals surface area contributed by atoms with Crippen molar-refractivity contribution in [3.63, 3.8) is 0 Å². The van der Waals surface area contributed by atoms with E-state index in [9.17, 15) is 10.1 Å². The topological polar surface area (TPSA) is 114 Å². The molecule has 1 aliphatic heterocycles. The van der Waals surface area contributed by atoms with Crippen molar-refractivity contribution >= 4 is 34.0 Å². The Labute approximate surface area is 213 Å². The van der Waals surface area contributed by atoms with Crippen molar-refractivity contribution < 1.29 is 14.3 Å². The number of nitrogens with two attached hydrogens (primary N) is 1. The summed E-state index contributed by atoms with van der Waals surface area (Å²) in [6, 6.07) is 7.64. The monoisotopic (exact) mass is 509 g/mol. The van der Waals surface area contributed by atoms with Gasteiger partial charge in [0.15, 0.2) is 10.1 Å². The highest BCUT2D eigenvalue weighted by Crippen LogP contribution is 2.52. The van der Waals surface area contributed by atoms with Crippen molar-refractivity contribution in [2.24, 2.45) is 11.1 Å². The molecule has 2 aliphatic rings. The number of rotatable bonds is 7. The second-order valence-corrected chi connectivity index (χ2v) is 11.3. The summed E-state index contributed by atoms with van der Waals surface area (Å²) >= 11 is 2.89. The van der Waals surface area contributed by atoms with Gasteiger partial charge in [-0.05, 0) is 17.9 Å². The Hall–Kier alpha value is -3.29. The average Bonchev–Trinajstić information content (AvgIpc) is 3.29. The zero-order valence-electron chi connectivity index (χ0n) is 20.1. The second kappa shape index (κ2) is 9.76. The molecule has 4 rings (SSSR count). The lowest BCUT2D eigenvalue weighted by Gasteiger charge is -2.42. The number of Topliss-reactive ketones (excluding diaryl/α,β-unsaturated/α-hetero) is 1. The lowest BCUT2D eigenvalue weighted by molar-refractivity contribution is -0.118. The van der Waals surface area contributed by atoms with Gasteiger partial charge in [-0.3, -0.25) is 9.69 Å². The fraction of sp³-hybridized carbons (Fsp3) is 0.360. The molecule has 2 N–H and O–H groups in total. The number of carbonyl (C=O) groups excluding carboxylic acids is 1. The number of ketones is 1. The first-order valence-corrected chi connectivity index (χ1v) is 12.8. The number of methoxy groups -OCH3 is 2. The Morgan fingerprint density at radius 3 is 2.77 bits per heavy atom. The largest absolute Gasteiger partial charge is 0.497 e. The van der Waals surface area contributed by atoms with Crippen molar-refractivity contribution in [2.75, 3.05) is 24.9 Å². The maximum absolute atomic E-state index is 13.7. The van der Waals surface area contributed by atoms with Gasteiger partial charge in [0.25, 0.3) is 0 Å². The predicted molar refractivity (Wildman–Crippen MR) is 137 cm³/mol. The molecule has 0 spiro atoms. The SMILES string of the molecule is C=CCSc1nnc(N2C(N)=C(C#N)C(c3ccc(OC)cc3OC)C3=C2CC(C)(C)CC3=O)s1. The van der Waals surface area contributed by atoms with E-state index in [0.29, 0.717) is 46.4 Å². The number of ether oxygens (including phenoxy) is 2. The van der Waals surface area contributed by atoms with Gasteiger partial charge in [-0.2, -0.15) is 5.26 Å². The molecular weight excluding hydrogens is 482 g/mol. The van der Waals surface area contributed by atoms with Crippen molar-refractivity contribution in [3.05, 3.63) is 59.1 Å². The van der Waals surface area contributed by atoms with Crippen LogP contribution in [0.4, 0.5) is 5.13 Å². The molecule has 1 aromatic carbocycles. The van der Waals surface area contributed by atoms with E-state index in [2.05, 4.69) is 36.7 Å². The molecule has 1 aromatic heterocycles. The summed E-state index contributed by atoms with van der Waals surface area (Å²) < 4.78 is 11.7. The molecular formula is C25H27N5O3S2. The molecule has 0 amide bonds. The van der Waals surface area contributed by atoms with Crippen molar-refractivity contribution in [1.29, 1.82) is 5.26 Å². The molecule has 182 valence electrons. The van der Waals surface area contributed by atoms with Gasteiger partial charge in [0.1, 0.15) is 17.3 Å². The molecule has 8 nitrogen and oxygen atoms in total. The zero-order chi connectivity index (χ0) is 25.3. The van der Waals surface area contributed by atoms with Crippen LogP contribution in [0.2, 0.25) is 0 Å². The van der Waals surface area contributed by atoms with Gasteiger partial charge in [0.2, 0.25) is 5.13 Å². The minimum atomic E-state index is -0.654. The number of nitrogens with zero attached hydrogens (tertiary/aromatic N) is 4. The van der Waals surface area contributed by atoms with Crippen LogP contribution in [0.5, 0.6) is 11.5 Å². The quantitative estimate of drug-likeness (QED) is 0.416. The van der Waals surface area contributed by atoms with Crippen molar-refractivity contribution in [2.45, 2.75) is 36.9 Å². The summed E-state index contributed by atoms with van der Waals surface area (Å²) in [5, 5.41) is 19.4. The van der Waals surface area contributed by atoms with Crippen LogP contribution in [-0.4, -0.2) is 36.0 Å². The Bertz CT molecular complexity index is 1290. The highest BCUT2D eigenvalue weighted by atomic mass is 32.2. The van der Waals surface area contributed by atoms with Gasteiger partial charge in [-0.25, -0.2) is 0 Å². The number of hydrogen-bond donors (Lipinski definition) is 1. The van der Waals surface area contributed by atoms with Gasteiger partial charge in [-0.1, -0.05) is 49.1 Å². The third kappa shape index (κ3) is 4.54. The second-order valence-electron chi connectivity index (χ2n) is 9.04. The van der Waals surface area contributed by atoms with Gasteiger partial charge < -0.3 is 15.2 Å². The minimum absolute atomic E-state index is 0.0184. The maximum atomic E-state index is 13.7. The number of thioether (sulfide) groups is 1. The number of allylic oxidation sites excluding steroid dienone is 3. The first kappa shape index (κ1) is 24.8. The predicted octanol–water partition coefficient (Wildman–Crippen LogP) is 4.77. The molecule has 2 aromatic rings. The Kier molecular flexibility index (Phi) is 6.92. The summed E-state index contributed by atoms with van der Waals surface area (Å²) in [6.07, 6.45) is 2.76. The number of hydrogen-bond acceptors (Lipinski definition) is 10. The van der Waals surface area contributed by atoms with Crippen molar-refractivity contribution in [3.8, 4) is 17.6 Å². The van der Waals surface area contributed by atoms with Crippen LogP contribution in [0.3, 0.4) is 0 Å². The van der Waals surface area contributed by atoms with Gasteiger partial charge in [0, 0.05) is 35.1 Å². The van der Waals surface area contributed by atoms with Gasteiger partial charge >= 0.3 is 0 Å². The van der Waals surface area contributed by atoms with E-state index in [1.54, 1.807) is 37.3 Å². The standard InChI is InChI=1S/C25H27N5O3S2/c1-6-9-34-24-29-28-23(35-24)30-17-11-25(2,3)12-18(31)21(17)20(16(13-26)22(30)27)15-8-7-14(32-4)10-19(15)33-5/h6-8,10,20H,1,9,11-12,27H2,2-5H3. The lowest BCUT2D eigenvalue weighted by Crippen LogP contribution is -2.42. The summed E-state index contributed by atoms with van der Waals surface area (Å²) in [6.45, 7) is 7.86. The van der Waals surface area contributed by atoms with Crippen LogP contribution in [0.15, 0.2) is 57.9 Å². The number of carbonyl (C=O) groups is 1. The Balaban J connectivity index is 1.94. The van der Waals surface area contributed by atoms with Gasteiger partial charge in [0.05, 0.1) is 31.8 Å². The van der Waals surface area contributed by atoms with E-state index in [0.717, 1.165) is 10.0 Å². The van der Waals surface area contributed by atoms with Crippen LogP contribution in [0.1, 0.15) is 38.2 Å². The molecule has 0 bridgehead atoms. The summed E-state index contributed by atoms with van der Waals surface area (Å²) in [4.78, 5) is 15.4. The first-order chi connectivity index (χ1) is 16.7. The summed E-state index contributed by atoms with van der Waals surface area (Å²) in [5.41, 5.74) is 8.66. The molecule has 10 heteroatoms. The minimum Gasteiger partial charge on any atom is -0.497 e. The van der Waals surface area contributed by atoms with Crippen LogP contribution in [0.25, 0.3) is 0 Å². The van der Waals surface area contributed by atoms with E-state index in [-0.39, 0.29) is 22.6 Å². The molecule has 0 saturated heterocycles. The van der Waals surface area contributed by atoms with Crippen LogP contribution < -0.4 is 20.1 Å².